The van der Waals surface area contributed by atoms with Crippen LogP contribution in [0.25, 0.3) is 0 Å². The number of para-hydroxylation sites is 1. The highest BCUT2D eigenvalue weighted by molar-refractivity contribution is 7.99. The summed E-state index contributed by atoms with van der Waals surface area (Å²) in [4.78, 5) is 40.4. The highest BCUT2D eigenvalue weighted by Gasteiger charge is 2.62. The largest absolute Gasteiger partial charge is 0.363 e. The van der Waals surface area contributed by atoms with Crippen LogP contribution in [0.2, 0.25) is 0 Å². The third-order valence-electron chi connectivity index (χ3n) is 5.14. The molecule has 0 bridgehead atoms. The Labute approximate surface area is 142 Å². The Morgan fingerprint density at radius 2 is 2.12 bits per heavy atom. The summed E-state index contributed by atoms with van der Waals surface area (Å²) in [6.45, 7) is 0.559. The van der Waals surface area contributed by atoms with Gasteiger partial charge in [-0.1, -0.05) is 12.1 Å². The van der Waals surface area contributed by atoms with Crippen molar-refractivity contribution in [2.45, 2.75) is 12.5 Å². The van der Waals surface area contributed by atoms with Gasteiger partial charge in [0.1, 0.15) is 5.82 Å². The molecule has 4 amide bonds. The molecule has 2 fully saturated rings. The van der Waals surface area contributed by atoms with Crippen molar-refractivity contribution in [2.24, 2.45) is 5.41 Å². The number of urea groups is 1. The van der Waals surface area contributed by atoms with Gasteiger partial charge in [-0.2, -0.15) is 11.8 Å². The van der Waals surface area contributed by atoms with Crippen molar-refractivity contribution in [3.63, 3.8) is 0 Å². The molecular formula is C16H16FN3O3S. The first-order valence-corrected chi connectivity index (χ1v) is 8.87. The van der Waals surface area contributed by atoms with Crippen LogP contribution in [0.5, 0.6) is 0 Å². The number of rotatable bonds is 0. The zero-order chi connectivity index (χ0) is 17.1. The molecule has 0 saturated carbocycles. The van der Waals surface area contributed by atoms with E-state index in [1.54, 1.807) is 23.9 Å². The molecule has 0 radical (unpaired) electrons. The molecule has 3 aliphatic rings. The Bertz CT molecular complexity index is 771. The minimum Gasteiger partial charge on any atom is -0.363 e. The van der Waals surface area contributed by atoms with Crippen LogP contribution in [0.1, 0.15) is 5.56 Å². The molecule has 8 heteroatoms. The van der Waals surface area contributed by atoms with Crippen LogP contribution in [0.4, 0.5) is 14.9 Å². The number of fused-ring (bicyclic) bond motifs is 4. The molecule has 1 spiro atoms. The SMILES string of the molecule is CN1C(=O)NC(=O)[C@]2(Cc3cccc(F)c3N3CCSC[C@@H]32)C1=O. The van der Waals surface area contributed by atoms with Crippen LogP contribution in [0.3, 0.4) is 0 Å². The number of thioether (sulfide) groups is 1. The van der Waals surface area contributed by atoms with E-state index in [0.29, 0.717) is 23.5 Å². The molecule has 2 saturated heterocycles. The molecule has 1 aromatic rings. The Morgan fingerprint density at radius 1 is 1.33 bits per heavy atom. The van der Waals surface area contributed by atoms with Crippen molar-refractivity contribution in [2.75, 3.05) is 30.0 Å². The lowest BCUT2D eigenvalue weighted by Gasteiger charge is -2.53. The maximum absolute atomic E-state index is 14.4. The zero-order valence-corrected chi connectivity index (χ0v) is 13.9. The van der Waals surface area contributed by atoms with Gasteiger partial charge < -0.3 is 4.90 Å². The number of amides is 4. The summed E-state index contributed by atoms with van der Waals surface area (Å²) in [6.07, 6.45) is 0.101. The molecule has 3 heterocycles. The van der Waals surface area contributed by atoms with Crippen molar-refractivity contribution in [3.8, 4) is 0 Å². The van der Waals surface area contributed by atoms with Gasteiger partial charge in [0.25, 0.3) is 0 Å². The lowest BCUT2D eigenvalue weighted by atomic mass is 9.69. The second-order valence-corrected chi connectivity index (χ2v) is 7.45. The summed E-state index contributed by atoms with van der Waals surface area (Å²) in [6, 6.07) is 3.55. The fourth-order valence-electron chi connectivity index (χ4n) is 3.95. The predicted molar refractivity (Wildman–Crippen MR) is 87.3 cm³/mol. The molecule has 24 heavy (non-hydrogen) atoms. The third-order valence-corrected chi connectivity index (χ3v) is 6.16. The first-order chi connectivity index (χ1) is 11.5. The molecule has 4 rings (SSSR count). The van der Waals surface area contributed by atoms with Crippen molar-refractivity contribution in [1.82, 2.24) is 10.2 Å². The number of hydrogen-bond acceptors (Lipinski definition) is 5. The van der Waals surface area contributed by atoms with E-state index in [2.05, 4.69) is 5.32 Å². The number of benzene rings is 1. The minimum absolute atomic E-state index is 0.101. The summed E-state index contributed by atoms with van der Waals surface area (Å²) < 4.78 is 14.4. The van der Waals surface area contributed by atoms with E-state index >= 15 is 0 Å². The van der Waals surface area contributed by atoms with E-state index in [9.17, 15) is 18.8 Å². The van der Waals surface area contributed by atoms with E-state index in [4.69, 9.17) is 0 Å². The van der Waals surface area contributed by atoms with Crippen LogP contribution < -0.4 is 10.2 Å². The first kappa shape index (κ1) is 15.4. The number of nitrogens with zero attached hydrogens (tertiary/aromatic N) is 2. The normalized spacial score (nSPS) is 29.4. The Morgan fingerprint density at radius 3 is 2.92 bits per heavy atom. The zero-order valence-electron chi connectivity index (χ0n) is 13.0. The smallest absolute Gasteiger partial charge is 0.330 e. The van der Waals surface area contributed by atoms with Gasteiger partial charge in [-0.25, -0.2) is 9.18 Å². The van der Waals surface area contributed by atoms with E-state index < -0.39 is 29.3 Å². The maximum atomic E-state index is 14.4. The summed E-state index contributed by atoms with van der Waals surface area (Å²) >= 11 is 1.64. The van der Waals surface area contributed by atoms with E-state index in [1.807, 2.05) is 4.90 Å². The maximum Gasteiger partial charge on any atom is 0.330 e. The molecule has 0 unspecified atom stereocenters. The average molecular weight is 349 g/mol. The summed E-state index contributed by atoms with van der Waals surface area (Å²) in [5, 5.41) is 2.30. The number of nitrogens with one attached hydrogen (secondary N) is 1. The lowest BCUT2D eigenvalue weighted by molar-refractivity contribution is -0.152. The summed E-state index contributed by atoms with van der Waals surface area (Å²) in [5.74, 6) is -0.0982. The second kappa shape index (κ2) is 5.20. The Balaban J connectivity index is 1.92. The molecule has 0 aromatic heterocycles. The molecule has 126 valence electrons. The molecule has 0 aliphatic carbocycles. The number of carbonyl (C=O) groups is 3. The van der Waals surface area contributed by atoms with E-state index in [0.717, 1.165) is 10.7 Å². The number of hydrogen-bond donors (Lipinski definition) is 1. The van der Waals surface area contributed by atoms with Crippen LogP contribution in [-0.2, 0) is 16.0 Å². The fourth-order valence-corrected chi connectivity index (χ4v) is 5.13. The van der Waals surface area contributed by atoms with Crippen LogP contribution >= 0.6 is 11.8 Å². The number of halogens is 1. The highest BCUT2D eigenvalue weighted by atomic mass is 32.2. The number of anilines is 1. The molecule has 1 N–H and O–H groups in total. The monoisotopic (exact) mass is 349 g/mol. The van der Waals surface area contributed by atoms with Crippen LogP contribution in [-0.4, -0.2) is 53.9 Å². The number of barbiturate groups is 1. The number of imide groups is 2. The van der Waals surface area contributed by atoms with Crippen LogP contribution in [0.15, 0.2) is 18.2 Å². The lowest BCUT2D eigenvalue weighted by Crippen LogP contribution is -2.72. The Hall–Kier alpha value is -2.09. The van der Waals surface area contributed by atoms with Crippen molar-refractivity contribution in [3.05, 3.63) is 29.6 Å². The van der Waals surface area contributed by atoms with Gasteiger partial charge >= 0.3 is 6.03 Å². The van der Waals surface area contributed by atoms with Gasteiger partial charge in [0, 0.05) is 25.1 Å². The minimum atomic E-state index is -1.39. The Kier molecular flexibility index (Phi) is 3.35. The average Bonchev–Trinajstić information content (AvgIpc) is 2.58. The molecule has 2 atom stereocenters. The summed E-state index contributed by atoms with van der Waals surface area (Å²) in [5.41, 5.74) is -0.283. The second-order valence-electron chi connectivity index (χ2n) is 6.30. The van der Waals surface area contributed by atoms with Gasteiger partial charge in [0.05, 0.1) is 11.7 Å². The quantitative estimate of drug-likeness (QED) is 0.708. The highest BCUT2D eigenvalue weighted by Crippen LogP contribution is 2.47. The topological polar surface area (TPSA) is 69.7 Å². The molecule has 1 aromatic carbocycles. The van der Waals surface area contributed by atoms with Gasteiger partial charge in [0.15, 0.2) is 5.41 Å². The standard InChI is InChI=1S/C16H16FN3O3S/c1-19-14(22)16(13(21)18-15(19)23)7-9-3-2-4-10(17)12(9)20-5-6-24-8-11(16)20/h2-4,11H,5-8H2,1H3,(H,18,21,23)/t11-,16-/m1/s1. The first-order valence-electron chi connectivity index (χ1n) is 7.72. The molecule has 3 aliphatic heterocycles. The van der Waals surface area contributed by atoms with Crippen molar-refractivity contribution in [1.29, 1.82) is 0 Å². The molecular weight excluding hydrogens is 333 g/mol. The third kappa shape index (κ3) is 1.86. The molecule has 6 nitrogen and oxygen atoms in total. The van der Waals surface area contributed by atoms with Gasteiger partial charge in [-0.3, -0.25) is 19.8 Å². The van der Waals surface area contributed by atoms with E-state index in [1.165, 1.54) is 13.1 Å². The van der Waals surface area contributed by atoms with Gasteiger partial charge in [-0.15, -0.1) is 0 Å². The van der Waals surface area contributed by atoms with E-state index in [-0.39, 0.29) is 12.2 Å². The predicted octanol–water partition coefficient (Wildman–Crippen LogP) is 0.998. The van der Waals surface area contributed by atoms with Crippen molar-refractivity contribution < 1.29 is 18.8 Å². The van der Waals surface area contributed by atoms with Crippen LogP contribution in [0, 0.1) is 11.2 Å². The van der Waals surface area contributed by atoms with Gasteiger partial charge in [-0.05, 0) is 18.1 Å². The fraction of sp³-hybridized carbons (Fsp3) is 0.438. The van der Waals surface area contributed by atoms with Crippen molar-refractivity contribution >= 4 is 35.3 Å². The summed E-state index contributed by atoms with van der Waals surface area (Å²) in [7, 11) is 1.37. The van der Waals surface area contributed by atoms with Gasteiger partial charge in [0.2, 0.25) is 11.8 Å². The number of carbonyl (C=O) groups excluding carboxylic acids is 3.